The van der Waals surface area contributed by atoms with Crippen LogP contribution in [0.4, 0.5) is 0 Å². The molecule has 6 heteroatoms. The molecule has 0 aliphatic carbocycles. The molecule has 0 unspecified atom stereocenters. The van der Waals surface area contributed by atoms with Crippen molar-refractivity contribution in [1.82, 2.24) is 25.1 Å². The Morgan fingerprint density at radius 3 is 2.90 bits per heavy atom. The van der Waals surface area contributed by atoms with E-state index in [0.717, 1.165) is 43.0 Å². The summed E-state index contributed by atoms with van der Waals surface area (Å²) in [4.78, 5) is 22.0. The third kappa shape index (κ3) is 2.21. The van der Waals surface area contributed by atoms with Gasteiger partial charge in [-0.3, -0.25) is 9.89 Å². The van der Waals surface area contributed by atoms with Gasteiger partial charge in [-0.2, -0.15) is 5.10 Å². The fourth-order valence-corrected chi connectivity index (χ4v) is 2.77. The van der Waals surface area contributed by atoms with Crippen LogP contribution >= 0.6 is 0 Å². The van der Waals surface area contributed by atoms with Crippen LogP contribution in [0.3, 0.4) is 0 Å². The highest BCUT2D eigenvalue weighted by molar-refractivity contribution is 5.94. The van der Waals surface area contributed by atoms with Crippen LogP contribution in [0.1, 0.15) is 53.0 Å². The molecule has 1 saturated heterocycles. The third-order valence-electron chi connectivity index (χ3n) is 3.85. The molecule has 1 atom stereocenters. The van der Waals surface area contributed by atoms with Gasteiger partial charge in [-0.25, -0.2) is 4.98 Å². The molecule has 0 bridgehead atoms. The maximum atomic E-state index is 12.7. The van der Waals surface area contributed by atoms with Gasteiger partial charge in [0.05, 0.1) is 6.04 Å². The van der Waals surface area contributed by atoms with E-state index in [0.29, 0.717) is 5.69 Å². The molecule has 1 amide bonds. The summed E-state index contributed by atoms with van der Waals surface area (Å²) in [7, 11) is 0. The third-order valence-corrected chi connectivity index (χ3v) is 3.85. The lowest BCUT2D eigenvalue weighted by atomic mass is 10.0. The topological polar surface area (TPSA) is 77.7 Å². The number of H-pyrrole nitrogens is 2. The molecule has 0 saturated carbocycles. The van der Waals surface area contributed by atoms with Gasteiger partial charge in [-0.05, 0) is 44.7 Å². The fourth-order valence-electron chi connectivity index (χ4n) is 2.77. The van der Waals surface area contributed by atoms with Gasteiger partial charge in [0.2, 0.25) is 0 Å². The number of likely N-dealkylation sites (tertiary alicyclic amines) is 1. The molecular formula is C14H19N5O. The first kappa shape index (κ1) is 12.9. The molecular weight excluding hydrogens is 254 g/mol. The molecule has 2 aromatic rings. The molecule has 0 spiro atoms. The van der Waals surface area contributed by atoms with Crippen LogP contribution in [0, 0.1) is 13.8 Å². The number of carbonyl (C=O) groups is 1. The summed E-state index contributed by atoms with van der Waals surface area (Å²) in [5, 5.41) is 7.10. The number of aromatic nitrogens is 4. The summed E-state index contributed by atoms with van der Waals surface area (Å²) in [6.45, 7) is 4.58. The first-order valence-electron chi connectivity index (χ1n) is 7.00. The smallest absolute Gasteiger partial charge is 0.271 e. The van der Waals surface area contributed by atoms with Crippen molar-refractivity contribution < 1.29 is 4.79 Å². The Hall–Kier alpha value is -2.11. The second-order valence-electron chi connectivity index (χ2n) is 5.32. The summed E-state index contributed by atoms with van der Waals surface area (Å²) in [6.07, 6.45) is 4.86. The van der Waals surface area contributed by atoms with Crippen molar-refractivity contribution in [3.63, 3.8) is 0 Å². The summed E-state index contributed by atoms with van der Waals surface area (Å²) >= 11 is 0. The summed E-state index contributed by atoms with van der Waals surface area (Å²) in [6, 6.07) is 1.90. The molecule has 3 heterocycles. The monoisotopic (exact) mass is 273 g/mol. The largest absolute Gasteiger partial charge is 0.357 e. The number of nitrogens with zero attached hydrogens (tertiary/aromatic N) is 3. The molecule has 2 N–H and O–H groups in total. The van der Waals surface area contributed by atoms with E-state index in [1.807, 2.05) is 24.8 Å². The standard InChI is InChI=1S/C14H19N5O/c1-9-6-7-15-12(9)14(20)19-8-4-3-5-11(19)13-16-10(2)17-18-13/h6-7,11,15H,3-5,8H2,1-2H3,(H,16,17,18)/t11-/m0/s1. The van der Waals surface area contributed by atoms with Crippen LogP contribution in [0.2, 0.25) is 0 Å². The zero-order valence-electron chi connectivity index (χ0n) is 11.8. The Bertz CT molecular complexity index is 615. The molecule has 106 valence electrons. The first-order chi connectivity index (χ1) is 9.66. The van der Waals surface area contributed by atoms with E-state index in [1.165, 1.54) is 0 Å². The Morgan fingerprint density at radius 2 is 2.25 bits per heavy atom. The summed E-state index contributed by atoms with van der Waals surface area (Å²) < 4.78 is 0. The number of aromatic amines is 2. The molecule has 0 aromatic carbocycles. The van der Waals surface area contributed by atoms with E-state index in [4.69, 9.17) is 0 Å². The number of nitrogens with one attached hydrogen (secondary N) is 2. The minimum atomic E-state index is -0.0242. The lowest BCUT2D eigenvalue weighted by Gasteiger charge is -2.33. The zero-order chi connectivity index (χ0) is 14.1. The molecule has 2 aromatic heterocycles. The maximum absolute atomic E-state index is 12.7. The highest BCUT2D eigenvalue weighted by atomic mass is 16.2. The Kier molecular flexibility index (Phi) is 3.30. The number of rotatable bonds is 2. The van der Waals surface area contributed by atoms with Crippen LogP contribution < -0.4 is 0 Å². The lowest BCUT2D eigenvalue weighted by Crippen LogP contribution is -2.39. The highest BCUT2D eigenvalue weighted by Crippen LogP contribution is 2.30. The van der Waals surface area contributed by atoms with Gasteiger partial charge in [-0.1, -0.05) is 0 Å². The molecule has 1 fully saturated rings. The minimum Gasteiger partial charge on any atom is -0.357 e. The van der Waals surface area contributed by atoms with Crippen molar-refractivity contribution in [3.8, 4) is 0 Å². The van der Waals surface area contributed by atoms with Crippen molar-refractivity contribution in [2.45, 2.75) is 39.2 Å². The van der Waals surface area contributed by atoms with E-state index in [2.05, 4.69) is 20.2 Å². The predicted octanol–water partition coefficient (Wildman–Crippen LogP) is 2.12. The SMILES string of the molecule is Cc1nc([C@@H]2CCCCN2C(=O)c2[nH]ccc2C)n[nH]1. The van der Waals surface area contributed by atoms with Crippen LogP contribution in [0.5, 0.6) is 0 Å². The van der Waals surface area contributed by atoms with Gasteiger partial charge in [-0.15, -0.1) is 0 Å². The van der Waals surface area contributed by atoms with Gasteiger partial charge < -0.3 is 9.88 Å². The van der Waals surface area contributed by atoms with Crippen molar-refractivity contribution in [3.05, 3.63) is 35.2 Å². The fraction of sp³-hybridized carbons (Fsp3) is 0.500. The predicted molar refractivity (Wildman–Crippen MR) is 74.3 cm³/mol. The zero-order valence-corrected chi connectivity index (χ0v) is 11.8. The molecule has 3 rings (SSSR count). The average Bonchev–Trinajstić information content (AvgIpc) is 3.07. The van der Waals surface area contributed by atoms with Crippen molar-refractivity contribution in [2.75, 3.05) is 6.54 Å². The van der Waals surface area contributed by atoms with E-state index >= 15 is 0 Å². The molecule has 6 nitrogen and oxygen atoms in total. The van der Waals surface area contributed by atoms with Gasteiger partial charge in [0.25, 0.3) is 5.91 Å². The highest BCUT2D eigenvalue weighted by Gasteiger charge is 2.32. The number of hydrogen-bond donors (Lipinski definition) is 2. The number of piperidine rings is 1. The van der Waals surface area contributed by atoms with Crippen molar-refractivity contribution in [1.29, 1.82) is 0 Å². The van der Waals surface area contributed by atoms with Gasteiger partial charge in [0.15, 0.2) is 5.82 Å². The summed E-state index contributed by atoms with van der Waals surface area (Å²) in [5.41, 5.74) is 1.65. The van der Waals surface area contributed by atoms with Crippen LogP contribution in [-0.4, -0.2) is 37.5 Å². The second-order valence-corrected chi connectivity index (χ2v) is 5.32. The Morgan fingerprint density at radius 1 is 1.40 bits per heavy atom. The van der Waals surface area contributed by atoms with Gasteiger partial charge in [0, 0.05) is 12.7 Å². The number of carbonyl (C=O) groups excluding carboxylic acids is 1. The second kappa shape index (κ2) is 5.11. The molecule has 0 radical (unpaired) electrons. The van der Waals surface area contributed by atoms with E-state index in [-0.39, 0.29) is 11.9 Å². The first-order valence-corrected chi connectivity index (χ1v) is 7.00. The van der Waals surface area contributed by atoms with Crippen LogP contribution in [-0.2, 0) is 0 Å². The number of amides is 1. The van der Waals surface area contributed by atoms with Crippen molar-refractivity contribution >= 4 is 5.91 Å². The quantitative estimate of drug-likeness (QED) is 0.879. The molecule has 1 aliphatic rings. The molecule has 1 aliphatic heterocycles. The maximum Gasteiger partial charge on any atom is 0.271 e. The Balaban J connectivity index is 1.89. The minimum absolute atomic E-state index is 0.0242. The normalized spacial score (nSPS) is 19.3. The molecule has 20 heavy (non-hydrogen) atoms. The van der Waals surface area contributed by atoms with E-state index in [1.54, 1.807) is 6.20 Å². The Labute approximate surface area is 117 Å². The lowest BCUT2D eigenvalue weighted by molar-refractivity contribution is 0.0594. The van der Waals surface area contributed by atoms with Crippen molar-refractivity contribution in [2.24, 2.45) is 0 Å². The summed E-state index contributed by atoms with van der Waals surface area (Å²) in [5.74, 6) is 1.55. The average molecular weight is 273 g/mol. The number of hydrogen-bond acceptors (Lipinski definition) is 3. The van der Waals surface area contributed by atoms with Crippen LogP contribution in [0.25, 0.3) is 0 Å². The number of aryl methyl sites for hydroxylation is 2. The van der Waals surface area contributed by atoms with E-state index < -0.39 is 0 Å². The van der Waals surface area contributed by atoms with E-state index in [9.17, 15) is 4.79 Å². The van der Waals surface area contributed by atoms with Gasteiger partial charge >= 0.3 is 0 Å². The van der Waals surface area contributed by atoms with Gasteiger partial charge in [0.1, 0.15) is 11.5 Å². The van der Waals surface area contributed by atoms with Crippen LogP contribution in [0.15, 0.2) is 12.3 Å².